The Hall–Kier alpha value is -2.58. The van der Waals surface area contributed by atoms with Crippen molar-refractivity contribution < 1.29 is 27.8 Å². The molecule has 3 N–H and O–H groups in total. The summed E-state index contributed by atoms with van der Waals surface area (Å²) in [6, 6.07) is 12.8. The summed E-state index contributed by atoms with van der Waals surface area (Å²) in [5, 5.41) is 10.4. The maximum absolute atomic E-state index is 12.7. The fraction of sp³-hybridized carbons (Fsp3) is 0.458. The first-order chi connectivity index (χ1) is 15.2. The molecule has 1 fully saturated rings. The Morgan fingerprint density at radius 1 is 1.12 bits per heavy atom. The quantitative estimate of drug-likeness (QED) is 0.610. The number of piperidine rings is 1. The lowest BCUT2D eigenvalue weighted by molar-refractivity contribution is -0.137. The lowest BCUT2D eigenvalue weighted by Crippen LogP contribution is -2.40. The lowest BCUT2D eigenvalue weighted by Gasteiger charge is -2.33. The number of para-hydroxylation sites is 1. The van der Waals surface area contributed by atoms with E-state index in [2.05, 4.69) is 4.90 Å². The predicted octanol–water partition coefficient (Wildman–Crippen LogP) is 3.74. The van der Waals surface area contributed by atoms with Gasteiger partial charge in [-0.2, -0.15) is 13.2 Å². The standard InChI is InChI=1S/C24H29F3N2O3/c25-24(26,27)20-8-5-17(6-9-20)18-11-13-29(14-12-18)15-21(30)16-32-22-4-2-1-3-19(22)7-10-23(28)31/h1-6,8-9,18,21,30H,7,10-16H2,(H2,28,31). The van der Waals surface area contributed by atoms with Crippen molar-refractivity contribution in [2.75, 3.05) is 26.2 Å². The van der Waals surface area contributed by atoms with E-state index in [1.54, 1.807) is 18.2 Å². The molecular weight excluding hydrogens is 421 g/mol. The third-order valence-corrected chi connectivity index (χ3v) is 5.81. The van der Waals surface area contributed by atoms with Crippen molar-refractivity contribution >= 4 is 5.91 Å². The minimum atomic E-state index is -4.32. The third kappa shape index (κ3) is 6.97. The maximum atomic E-state index is 12.7. The molecule has 1 aliphatic heterocycles. The third-order valence-electron chi connectivity index (χ3n) is 5.81. The van der Waals surface area contributed by atoms with Crippen LogP contribution in [-0.4, -0.2) is 48.3 Å². The van der Waals surface area contributed by atoms with E-state index in [0.717, 1.165) is 49.2 Å². The molecule has 1 saturated heterocycles. The molecule has 174 valence electrons. The Balaban J connectivity index is 1.44. The number of benzene rings is 2. The zero-order valence-corrected chi connectivity index (χ0v) is 17.9. The van der Waals surface area contributed by atoms with Gasteiger partial charge in [0, 0.05) is 13.0 Å². The van der Waals surface area contributed by atoms with Gasteiger partial charge in [-0.05, 0) is 67.6 Å². The number of nitrogens with zero attached hydrogens (tertiary/aromatic N) is 1. The Bertz CT molecular complexity index is 879. The van der Waals surface area contributed by atoms with Crippen LogP contribution in [0.25, 0.3) is 0 Å². The Morgan fingerprint density at radius 3 is 2.41 bits per heavy atom. The second-order valence-corrected chi connectivity index (χ2v) is 8.23. The SMILES string of the molecule is NC(=O)CCc1ccccc1OCC(O)CN1CCC(c2ccc(C(F)(F)F)cc2)CC1. The number of nitrogens with two attached hydrogens (primary N) is 1. The van der Waals surface area contributed by atoms with E-state index in [9.17, 15) is 23.1 Å². The Labute approximate surface area is 186 Å². The van der Waals surface area contributed by atoms with Gasteiger partial charge in [-0.25, -0.2) is 0 Å². The number of likely N-dealkylation sites (tertiary alicyclic amines) is 1. The lowest BCUT2D eigenvalue weighted by atomic mass is 9.89. The Morgan fingerprint density at radius 2 is 1.78 bits per heavy atom. The highest BCUT2D eigenvalue weighted by Crippen LogP contribution is 2.33. The number of rotatable bonds is 9. The van der Waals surface area contributed by atoms with E-state index in [4.69, 9.17) is 10.5 Å². The van der Waals surface area contributed by atoms with Crippen LogP contribution in [0.5, 0.6) is 5.75 Å². The molecule has 0 aromatic heterocycles. The average Bonchev–Trinajstić information content (AvgIpc) is 2.77. The van der Waals surface area contributed by atoms with Crippen molar-refractivity contribution in [1.29, 1.82) is 0 Å². The van der Waals surface area contributed by atoms with E-state index < -0.39 is 17.8 Å². The zero-order chi connectivity index (χ0) is 23.1. The van der Waals surface area contributed by atoms with Gasteiger partial charge >= 0.3 is 6.18 Å². The number of carbonyl (C=O) groups excluding carboxylic acids is 1. The number of hydrogen-bond acceptors (Lipinski definition) is 4. The summed E-state index contributed by atoms with van der Waals surface area (Å²) >= 11 is 0. The molecule has 32 heavy (non-hydrogen) atoms. The van der Waals surface area contributed by atoms with Crippen molar-refractivity contribution in [1.82, 2.24) is 4.90 Å². The molecule has 2 aromatic carbocycles. The summed E-state index contributed by atoms with van der Waals surface area (Å²) in [4.78, 5) is 13.2. The summed E-state index contributed by atoms with van der Waals surface area (Å²) in [5.41, 5.74) is 6.39. The van der Waals surface area contributed by atoms with E-state index >= 15 is 0 Å². The van der Waals surface area contributed by atoms with Gasteiger partial charge in [0.05, 0.1) is 5.56 Å². The highest BCUT2D eigenvalue weighted by Gasteiger charge is 2.30. The first kappa shape index (κ1) is 24.1. The van der Waals surface area contributed by atoms with Crippen LogP contribution in [0.3, 0.4) is 0 Å². The molecule has 3 rings (SSSR count). The number of β-amino-alcohol motifs (C(OH)–C–C–N with tert-alkyl or cyclic N) is 1. The molecular formula is C24H29F3N2O3. The molecule has 0 aliphatic carbocycles. The zero-order valence-electron chi connectivity index (χ0n) is 17.9. The molecule has 5 nitrogen and oxygen atoms in total. The smallest absolute Gasteiger partial charge is 0.416 e. The first-order valence-corrected chi connectivity index (χ1v) is 10.8. The Kier molecular flexibility index (Phi) is 8.15. The van der Waals surface area contributed by atoms with Crippen LogP contribution in [0.2, 0.25) is 0 Å². The number of amides is 1. The molecule has 2 aromatic rings. The fourth-order valence-corrected chi connectivity index (χ4v) is 4.04. The van der Waals surface area contributed by atoms with Crippen LogP contribution >= 0.6 is 0 Å². The van der Waals surface area contributed by atoms with Gasteiger partial charge in [0.25, 0.3) is 0 Å². The van der Waals surface area contributed by atoms with Gasteiger partial charge in [-0.3, -0.25) is 4.79 Å². The van der Waals surface area contributed by atoms with Crippen molar-refractivity contribution in [2.45, 2.75) is 43.9 Å². The maximum Gasteiger partial charge on any atom is 0.416 e. The number of ether oxygens (including phenoxy) is 1. The van der Waals surface area contributed by atoms with Crippen molar-refractivity contribution in [3.63, 3.8) is 0 Å². The van der Waals surface area contributed by atoms with Gasteiger partial charge in [-0.15, -0.1) is 0 Å². The van der Waals surface area contributed by atoms with Crippen LogP contribution in [0.4, 0.5) is 13.2 Å². The monoisotopic (exact) mass is 450 g/mol. The molecule has 0 saturated carbocycles. The number of hydrogen-bond donors (Lipinski definition) is 2. The molecule has 1 amide bonds. The first-order valence-electron chi connectivity index (χ1n) is 10.8. The van der Waals surface area contributed by atoms with Crippen LogP contribution in [0, 0.1) is 0 Å². The molecule has 0 radical (unpaired) electrons. The normalized spacial score (nSPS) is 16.6. The van der Waals surface area contributed by atoms with Gasteiger partial charge in [0.1, 0.15) is 18.5 Å². The number of alkyl halides is 3. The highest BCUT2D eigenvalue weighted by atomic mass is 19.4. The van der Waals surface area contributed by atoms with Gasteiger partial charge in [0.15, 0.2) is 0 Å². The van der Waals surface area contributed by atoms with Gasteiger partial charge < -0.3 is 20.5 Å². The minimum absolute atomic E-state index is 0.131. The highest BCUT2D eigenvalue weighted by molar-refractivity contribution is 5.74. The number of carbonyl (C=O) groups is 1. The van der Waals surface area contributed by atoms with Crippen LogP contribution in [0.15, 0.2) is 48.5 Å². The minimum Gasteiger partial charge on any atom is -0.491 e. The van der Waals surface area contributed by atoms with E-state index in [0.29, 0.717) is 18.7 Å². The number of aliphatic hydroxyl groups excluding tert-OH is 1. The largest absolute Gasteiger partial charge is 0.491 e. The topological polar surface area (TPSA) is 75.8 Å². The second kappa shape index (κ2) is 10.8. The molecule has 0 bridgehead atoms. The van der Waals surface area contributed by atoms with Crippen LogP contribution < -0.4 is 10.5 Å². The molecule has 1 aliphatic rings. The van der Waals surface area contributed by atoms with Crippen molar-refractivity contribution in [2.24, 2.45) is 5.73 Å². The molecule has 1 unspecified atom stereocenters. The summed E-state index contributed by atoms with van der Waals surface area (Å²) in [6.07, 6.45) is -2.62. The summed E-state index contributed by atoms with van der Waals surface area (Å²) < 4.78 is 44.0. The summed E-state index contributed by atoms with van der Waals surface area (Å²) in [6.45, 7) is 2.12. The molecule has 1 heterocycles. The molecule has 8 heteroatoms. The van der Waals surface area contributed by atoms with Crippen molar-refractivity contribution in [3.8, 4) is 5.75 Å². The molecule has 0 spiro atoms. The van der Waals surface area contributed by atoms with E-state index in [-0.39, 0.29) is 24.9 Å². The van der Waals surface area contributed by atoms with E-state index in [1.807, 2.05) is 18.2 Å². The second-order valence-electron chi connectivity index (χ2n) is 8.23. The van der Waals surface area contributed by atoms with E-state index in [1.165, 1.54) is 0 Å². The number of primary amides is 1. The molecule has 1 atom stereocenters. The average molecular weight is 451 g/mol. The number of aryl methyl sites for hydroxylation is 1. The van der Waals surface area contributed by atoms with Gasteiger partial charge in [0.2, 0.25) is 5.91 Å². The number of aliphatic hydroxyl groups is 1. The van der Waals surface area contributed by atoms with Crippen molar-refractivity contribution in [3.05, 3.63) is 65.2 Å². The predicted molar refractivity (Wildman–Crippen MR) is 115 cm³/mol. The fourth-order valence-electron chi connectivity index (χ4n) is 4.04. The summed E-state index contributed by atoms with van der Waals surface area (Å²) in [7, 11) is 0. The summed E-state index contributed by atoms with van der Waals surface area (Å²) in [5.74, 6) is 0.479. The van der Waals surface area contributed by atoms with Crippen LogP contribution in [-0.2, 0) is 17.4 Å². The number of halogens is 3. The van der Waals surface area contributed by atoms with Gasteiger partial charge in [-0.1, -0.05) is 30.3 Å². The van der Waals surface area contributed by atoms with Crippen LogP contribution in [0.1, 0.15) is 41.9 Å².